The van der Waals surface area contributed by atoms with Crippen LogP contribution >= 0.6 is 0 Å². The molecule has 134 valence electrons. The molecule has 0 spiro atoms. The number of aliphatic hydroxyl groups is 1. The fraction of sp³-hybridized carbons (Fsp3) is 0.412. The standard InChI is InChI=1S/C17H20F2N4O2/c18-11-5-6-14(13(19)7-11)23-16(20)12(9-22-23)17(25)21-8-10-3-1-2-4-15(10)24/h5-7,9-10,15,24H,1-4,8,20H2,(H,21,25)/t10-,15-/m1/s1. The zero-order valence-electron chi connectivity index (χ0n) is 13.6. The molecule has 8 heteroatoms. The third-order valence-corrected chi connectivity index (χ3v) is 4.58. The minimum Gasteiger partial charge on any atom is -0.393 e. The number of carbonyl (C=O) groups is 1. The zero-order chi connectivity index (χ0) is 18.0. The second-order valence-corrected chi connectivity index (χ2v) is 6.27. The third kappa shape index (κ3) is 3.63. The number of carbonyl (C=O) groups excluding carboxylic acids is 1. The zero-order valence-corrected chi connectivity index (χ0v) is 13.6. The number of rotatable bonds is 4. The summed E-state index contributed by atoms with van der Waals surface area (Å²) in [7, 11) is 0. The molecular weight excluding hydrogens is 330 g/mol. The maximum Gasteiger partial charge on any atom is 0.256 e. The predicted octanol–water partition coefficient (Wildman–Crippen LogP) is 2.01. The summed E-state index contributed by atoms with van der Waals surface area (Å²) in [6.07, 6.45) is 4.45. The average molecular weight is 350 g/mol. The van der Waals surface area contributed by atoms with Crippen LogP contribution in [0.5, 0.6) is 0 Å². The van der Waals surface area contributed by atoms with Gasteiger partial charge in [-0.2, -0.15) is 5.10 Å². The van der Waals surface area contributed by atoms with E-state index in [2.05, 4.69) is 10.4 Å². The van der Waals surface area contributed by atoms with E-state index >= 15 is 0 Å². The maximum absolute atomic E-state index is 13.9. The smallest absolute Gasteiger partial charge is 0.256 e. The van der Waals surface area contributed by atoms with Crippen LogP contribution < -0.4 is 11.1 Å². The second-order valence-electron chi connectivity index (χ2n) is 6.27. The molecule has 0 radical (unpaired) electrons. The number of nitrogens with one attached hydrogen (secondary N) is 1. The van der Waals surface area contributed by atoms with Crippen molar-refractivity contribution >= 4 is 11.7 Å². The number of aliphatic hydroxyl groups excluding tert-OH is 1. The predicted molar refractivity (Wildman–Crippen MR) is 88.2 cm³/mol. The first-order valence-corrected chi connectivity index (χ1v) is 8.22. The quantitative estimate of drug-likeness (QED) is 0.786. The molecule has 25 heavy (non-hydrogen) atoms. The van der Waals surface area contributed by atoms with Crippen molar-refractivity contribution in [3.05, 3.63) is 41.6 Å². The summed E-state index contributed by atoms with van der Waals surface area (Å²) >= 11 is 0. The van der Waals surface area contributed by atoms with Crippen LogP contribution in [-0.2, 0) is 0 Å². The van der Waals surface area contributed by atoms with Gasteiger partial charge >= 0.3 is 0 Å². The lowest BCUT2D eigenvalue weighted by molar-refractivity contribution is 0.0663. The van der Waals surface area contributed by atoms with E-state index in [1.54, 1.807) is 0 Å². The Bertz CT molecular complexity index is 778. The first-order valence-electron chi connectivity index (χ1n) is 8.22. The minimum atomic E-state index is -0.827. The molecule has 4 N–H and O–H groups in total. The molecule has 1 fully saturated rings. The molecular formula is C17H20F2N4O2. The minimum absolute atomic E-state index is 0.0171. The van der Waals surface area contributed by atoms with Crippen LogP contribution in [0.25, 0.3) is 5.69 Å². The van der Waals surface area contributed by atoms with Gasteiger partial charge in [0.25, 0.3) is 5.91 Å². The maximum atomic E-state index is 13.9. The van der Waals surface area contributed by atoms with Crippen LogP contribution in [0.2, 0.25) is 0 Å². The Kier molecular flexibility index (Phi) is 4.98. The van der Waals surface area contributed by atoms with Crippen molar-refractivity contribution in [1.29, 1.82) is 0 Å². The molecule has 0 saturated heterocycles. The molecule has 1 aromatic carbocycles. The highest BCUT2D eigenvalue weighted by molar-refractivity contribution is 5.98. The van der Waals surface area contributed by atoms with Crippen molar-refractivity contribution in [2.24, 2.45) is 5.92 Å². The van der Waals surface area contributed by atoms with Crippen molar-refractivity contribution in [3.8, 4) is 5.69 Å². The van der Waals surface area contributed by atoms with E-state index in [4.69, 9.17) is 5.73 Å². The van der Waals surface area contributed by atoms with Gasteiger partial charge < -0.3 is 16.2 Å². The molecule has 0 aliphatic heterocycles. The van der Waals surface area contributed by atoms with E-state index in [0.717, 1.165) is 42.5 Å². The number of nitrogen functional groups attached to an aromatic ring is 1. The van der Waals surface area contributed by atoms with Crippen LogP contribution in [0.4, 0.5) is 14.6 Å². The molecule has 1 amide bonds. The number of aromatic nitrogens is 2. The van der Waals surface area contributed by atoms with Gasteiger partial charge in [-0.1, -0.05) is 12.8 Å². The molecule has 0 unspecified atom stereocenters. The van der Waals surface area contributed by atoms with Crippen molar-refractivity contribution in [1.82, 2.24) is 15.1 Å². The number of hydrogen-bond acceptors (Lipinski definition) is 4. The Morgan fingerprint density at radius 2 is 2.12 bits per heavy atom. The van der Waals surface area contributed by atoms with E-state index in [0.29, 0.717) is 6.54 Å². The van der Waals surface area contributed by atoms with Crippen LogP contribution in [0, 0.1) is 17.6 Å². The van der Waals surface area contributed by atoms with E-state index in [9.17, 15) is 18.7 Å². The van der Waals surface area contributed by atoms with Crippen molar-refractivity contribution in [3.63, 3.8) is 0 Å². The molecule has 1 aromatic heterocycles. The van der Waals surface area contributed by atoms with Gasteiger partial charge in [-0.25, -0.2) is 13.5 Å². The molecule has 1 aliphatic rings. The normalized spacial score (nSPS) is 20.4. The Morgan fingerprint density at radius 3 is 2.84 bits per heavy atom. The number of halogens is 2. The van der Waals surface area contributed by atoms with Gasteiger partial charge in [-0.15, -0.1) is 0 Å². The van der Waals surface area contributed by atoms with Crippen LogP contribution in [-0.4, -0.2) is 33.4 Å². The van der Waals surface area contributed by atoms with Gasteiger partial charge in [-0.3, -0.25) is 4.79 Å². The summed E-state index contributed by atoms with van der Waals surface area (Å²) in [6.45, 7) is 0.343. The topological polar surface area (TPSA) is 93.2 Å². The van der Waals surface area contributed by atoms with Gasteiger partial charge in [0.15, 0.2) is 5.82 Å². The highest BCUT2D eigenvalue weighted by Gasteiger charge is 2.24. The SMILES string of the molecule is Nc1c(C(=O)NC[C@H]2CCCC[C@H]2O)cnn1-c1ccc(F)cc1F. The summed E-state index contributed by atoms with van der Waals surface area (Å²) in [4.78, 5) is 12.3. The summed E-state index contributed by atoms with van der Waals surface area (Å²) in [5, 5.41) is 16.6. The van der Waals surface area contributed by atoms with Crippen molar-refractivity contribution in [2.75, 3.05) is 12.3 Å². The van der Waals surface area contributed by atoms with E-state index in [1.165, 1.54) is 12.3 Å². The molecule has 3 rings (SSSR count). The fourth-order valence-electron chi connectivity index (χ4n) is 3.12. The van der Waals surface area contributed by atoms with E-state index < -0.39 is 23.6 Å². The van der Waals surface area contributed by atoms with Gasteiger partial charge in [0, 0.05) is 18.5 Å². The highest BCUT2D eigenvalue weighted by atomic mass is 19.1. The highest BCUT2D eigenvalue weighted by Crippen LogP contribution is 2.24. The van der Waals surface area contributed by atoms with E-state index in [-0.39, 0.29) is 23.0 Å². The Labute approximate surface area is 143 Å². The van der Waals surface area contributed by atoms with Crippen molar-refractivity contribution < 1.29 is 18.7 Å². The first-order chi connectivity index (χ1) is 12.0. The lowest BCUT2D eigenvalue weighted by atomic mass is 9.86. The molecule has 1 saturated carbocycles. The van der Waals surface area contributed by atoms with Crippen LogP contribution in [0.1, 0.15) is 36.0 Å². The number of nitrogens with two attached hydrogens (primary N) is 1. The molecule has 0 bridgehead atoms. The summed E-state index contributed by atoms with van der Waals surface area (Å²) < 4.78 is 28.0. The second kappa shape index (κ2) is 7.18. The Hall–Kier alpha value is -2.48. The summed E-state index contributed by atoms with van der Waals surface area (Å²) in [6, 6.07) is 3.01. The van der Waals surface area contributed by atoms with E-state index in [1.807, 2.05) is 0 Å². The van der Waals surface area contributed by atoms with Gasteiger partial charge in [-0.05, 0) is 25.0 Å². The Morgan fingerprint density at radius 1 is 1.36 bits per heavy atom. The van der Waals surface area contributed by atoms with Crippen LogP contribution in [0.3, 0.4) is 0 Å². The fourth-order valence-corrected chi connectivity index (χ4v) is 3.12. The molecule has 2 aromatic rings. The summed E-state index contributed by atoms with van der Waals surface area (Å²) in [5.74, 6) is -2.00. The van der Waals surface area contributed by atoms with Gasteiger partial charge in [0.05, 0.1) is 12.3 Å². The molecule has 6 nitrogen and oxygen atoms in total. The van der Waals surface area contributed by atoms with Crippen molar-refractivity contribution in [2.45, 2.75) is 31.8 Å². The monoisotopic (exact) mass is 350 g/mol. The largest absolute Gasteiger partial charge is 0.393 e. The number of amides is 1. The first kappa shape index (κ1) is 17.3. The summed E-state index contributed by atoms with van der Waals surface area (Å²) in [5.41, 5.74) is 5.97. The number of anilines is 1. The lowest BCUT2D eigenvalue weighted by Gasteiger charge is -2.27. The molecule has 1 heterocycles. The third-order valence-electron chi connectivity index (χ3n) is 4.58. The van der Waals surface area contributed by atoms with Gasteiger partial charge in [0.1, 0.15) is 22.9 Å². The number of benzene rings is 1. The molecule has 1 aliphatic carbocycles. The average Bonchev–Trinajstić information content (AvgIpc) is 2.95. The van der Waals surface area contributed by atoms with Crippen LogP contribution in [0.15, 0.2) is 24.4 Å². The number of nitrogens with zero attached hydrogens (tertiary/aromatic N) is 2. The van der Waals surface area contributed by atoms with Gasteiger partial charge in [0.2, 0.25) is 0 Å². The lowest BCUT2D eigenvalue weighted by Crippen LogP contribution is -2.36. The molecule has 2 atom stereocenters. The Balaban J connectivity index is 1.73. The number of hydrogen-bond donors (Lipinski definition) is 3.